The highest BCUT2D eigenvalue weighted by Crippen LogP contribution is 2.74. The van der Waals surface area contributed by atoms with Gasteiger partial charge in [0, 0.05) is 12.1 Å². The van der Waals surface area contributed by atoms with Crippen LogP contribution in [0.5, 0.6) is 5.75 Å². The Balaban J connectivity index is 1.54. The minimum absolute atomic E-state index is 0.0307. The normalized spacial score (nSPS) is 24.3. The molecule has 1 heterocycles. The number of Topliss-reactive ketones (excluding diaryl/α,β-unsaturated/α-hetero) is 1. The van der Waals surface area contributed by atoms with Crippen LogP contribution in [0.2, 0.25) is 0 Å². The van der Waals surface area contributed by atoms with Crippen LogP contribution in [0.25, 0.3) is 11.1 Å². The maximum absolute atomic E-state index is 15.9. The monoisotopic (exact) mass is 632 g/mol. The molecule has 234 valence electrons. The zero-order chi connectivity index (χ0) is 33.2. The number of hydrogen-bond donors (Lipinski definition) is 0. The van der Waals surface area contributed by atoms with Crippen LogP contribution in [0.1, 0.15) is 22.3 Å². The molecule has 3 aliphatic rings. The molecule has 2 amide bonds. The number of ether oxygens (including phenoxy) is 1. The van der Waals surface area contributed by atoms with Gasteiger partial charge in [0.2, 0.25) is 11.8 Å². The van der Waals surface area contributed by atoms with E-state index in [9.17, 15) is 10.1 Å². The molecule has 0 unspecified atom stereocenters. The Morgan fingerprint density at radius 3 is 1.44 bits per heavy atom. The number of methoxy groups -OCH3 is 1. The number of rotatable bonds is 7. The van der Waals surface area contributed by atoms with E-state index in [-0.39, 0.29) is 22.9 Å². The summed E-state index contributed by atoms with van der Waals surface area (Å²) in [5.41, 5.74) is 0.571. The molecular formula is C40H28N2O6. The van der Waals surface area contributed by atoms with Crippen molar-refractivity contribution in [2.24, 2.45) is 11.8 Å². The van der Waals surface area contributed by atoms with Gasteiger partial charge in [0.25, 0.3) is 5.69 Å². The second-order valence-electron chi connectivity index (χ2n) is 12.2. The Labute approximate surface area is 276 Å². The van der Waals surface area contributed by atoms with E-state index in [1.807, 2.05) is 121 Å². The predicted molar refractivity (Wildman–Crippen MR) is 180 cm³/mol. The lowest BCUT2D eigenvalue weighted by atomic mass is 9.59. The van der Waals surface area contributed by atoms with Crippen LogP contribution in [-0.4, -0.2) is 29.6 Å². The molecule has 5 aromatic rings. The highest BCUT2D eigenvalue weighted by atomic mass is 16.6. The molecule has 4 atom stereocenters. The summed E-state index contributed by atoms with van der Waals surface area (Å²) in [4.78, 5) is 58.5. The number of benzene rings is 5. The van der Waals surface area contributed by atoms with Gasteiger partial charge in [-0.25, -0.2) is 4.90 Å². The Kier molecular flexibility index (Phi) is 6.53. The largest absolute Gasteiger partial charge is 0.495 e. The van der Waals surface area contributed by atoms with Gasteiger partial charge in [-0.05, 0) is 39.5 Å². The number of imide groups is 1. The summed E-state index contributed by atoms with van der Waals surface area (Å²) >= 11 is 0. The SMILES string of the molecule is COc1ccc([N+](=O)[O-])cc1N1C(=O)[C@@H]2[C@H](C1=O)[C@@]1(c3ccccc3)C(=O)[C@@]2(c2ccccc2)C(c2ccccc2)=C1c1ccccc1. The summed E-state index contributed by atoms with van der Waals surface area (Å²) in [5, 5.41) is 11.9. The predicted octanol–water partition coefficient (Wildman–Crippen LogP) is 6.79. The lowest BCUT2D eigenvalue weighted by Gasteiger charge is -2.39. The molecule has 0 aromatic heterocycles. The third kappa shape index (κ3) is 3.62. The molecule has 48 heavy (non-hydrogen) atoms. The summed E-state index contributed by atoms with van der Waals surface area (Å²) in [6, 6.07) is 41.4. The molecule has 0 N–H and O–H groups in total. The number of ketones is 1. The standard InChI is InChI=1S/C40H28N2O6/c1-48-31-23-22-29(42(46)47)24-30(31)41-36(43)34-35(37(41)44)40(28-20-12-5-13-21-28)33(26-16-8-3-9-17-26)32(25-14-6-2-7-15-25)39(34,38(40)45)27-18-10-4-11-19-27/h2-24,34-35H,1H3/t34-,35+,39-,40-/m0/s1. The minimum atomic E-state index is -1.58. The fourth-order valence-corrected chi connectivity index (χ4v) is 8.54. The lowest BCUT2D eigenvalue weighted by molar-refractivity contribution is -0.384. The van der Waals surface area contributed by atoms with Crippen molar-refractivity contribution in [3.8, 4) is 5.75 Å². The fraction of sp³-hybridized carbons (Fsp3) is 0.125. The van der Waals surface area contributed by atoms with Gasteiger partial charge in [-0.1, -0.05) is 121 Å². The van der Waals surface area contributed by atoms with Crippen molar-refractivity contribution >= 4 is 40.1 Å². The topological polar surface area (TPSA) is 107 Å². The Hall–Kier alpha value is -6.15. The van der Waals surface area contributed by atoms with Gasteiger partial charge < -0.3 is 4.74 Å². The number of non-ortho nitro benzene ring substituents is 1. The van der Waals surface area contributed by atoms with Gasteiger partial charge in [0.15, 0.2) is 5.78 Å². The van der Waals surface area contributed by atoms with Crippen LogP contribution in [0.15, 0.2) is 140 Å². The third-order valence-electron chi connectivity index (χ3n) is 10.2. The van der Waals surface area contributed by atoms with E-state index in [0.29, 0.717) is 22.3 Å². The van der Waals surface area contributed by atoms with Gasteiger partial charge in [-0.2, -0.15) is 0 Å². The number of nitrogens with zero attached hydrogens (tertiary/aromatic N) is 2. The van der Waals surface area contributed by atoms with E-state index >= 15 is 14.4 Å². The maximum atomic E-state index is 15.9. The first-order valence-corrected chi connectivity index (χ1v) is 15.6. The highest BCUT2D eigenvalue weighted by Gasteiger charge is 2.82. The first-order chi connectivity index (χ1) is 23.4. The minimum Gasteiger partial charge on any atom is -0.495 e. The van der Waals surface area contributed by atoms with E-state index in [2.05, 4.69) is 0 Å². The number of hydrogen-bond acceptors (Lipinski definition) is 6. The quantitative estimate of drug-likeness (QED) is 0.111. The Morgan fingerprint density at radius 2 is 1.04 bits per heavy atom. The molecule has 8 nitrogen and oxygen atoms in total. The summed E-state index contributed by atoms with van der Waals surface area (Å²) in [6.45, 7) is 0. The smallest absolute Gasteiger partial charge is 0.271 e. The molecule has 2 bridgehead atoms. The van der Waals surface area contributed by atoms with Crippen molar-refractivity contribution in [3.63, 3.8) is 0 Å². The average Bonchev–Trinajstić information content (AvgIpc) is 3.64. The second kappa shape index (κ2) is 10.7. The molecule has 1 saturated heterocycles. The fourth-order valence-electron chi connectivity index (χ4n) is 8.54. The van der Waals surface area contributed by atoms with Crippen LogP contribution in [0.4, 0.5) is 11.4 Å². The molecule has 0 radical (unpaired) electrons. The van der Waals surface area contributed by atoms with Gasteiger partial charge >= 0.3 is 0 Å². The number of nitro benzene ring substituents is 1. The van der Waals surface area contributed by atoms with Crippen LogP contribution < -0.4 is 9.64 Å². The number of fused-ring (bicyclic) bond motifs is 5. The number of carbonyl (C=O) groups excluding carboxylic acids is 3. The zero-order valence-corrected chi connectivity index (χ0v) is 25.8. The van der Waals surface area contributed by atoms with E-state index in [1.165, 1.54) is 25.3 Å². The molecule has 1 saturated carbocycles. The Bertz CT molecular complexity index is 2050. The van der Waals surface area contributed by atoms with Gasteiger partial charge in [0.1, 0.15) is 11.4 Å². The lowest BCUT2D eigenvalue weighted by Crippen LogP contribution is -2.45. The highest BCUT2D eigenvalue weighted by molar-refractivity contribution is 6.39. The molecule has 8 rings (SSSR count). The summed E-state index contributed by atoms with van der Waals surface area (Å²) in [5.74, 6) is -3.66. The second-order valence-corrected chi connectivity index (χ2v) is 12.2. The summed E-state index contributed by atoms with van der Waals surface area (Å²) < 4.78 is 5.56. The molecule has 1 aliphatic heterocycles. The van der Waals surface area contributed by atoms with Crippen molar-refractivity contribution in [1.29, 1.82) is 0 Å². The van der Waals surface area contributed by atoms with Crippen LogP contribution in [0, 0.1) is 22.0 Å². The molecule has 0 spiro atoms. The molecule has 2 fully saturated rings. The van der Waals surface area contributed by atoms with Crippen molar-refractivity contribution in [1.82, 2.24) is 0 Å². The molecule has 8 heteroatoms. The first kappa shape index (κ1) is 29.3. The van der Waals surface area contributed by atoms with Crippen LogP contribution in [0.3, 0.4) is 0 Å². The van der Waals surface area contributed by atoms with Gasteiger partial charge in [0.05, 0.1) is 34.7 Å². The maximum Gasteiger partial charge on any atom is 0.271 e. The summed E-state index contributed by atoms with van der Waals surface area (Å²) in [6.07, 6.45) is 0. The van der Waals surface area contributed by atoms with E-state index in [4.69, 9.17) is 4.74 Å². The Morgan fingerprint density at radius 1 is 0.625 bits per heavy atom. The van der Waals surface area contributed by atoms with Crippen molar-refractivity contribution in [3.05, 3.63) is 172 Å². The summed E-state index contributed by atoms with van der Waals surface area (Å²) in [7, 11) is 1.38. The number of amides is 2. The molecular weight excluding hydrogens is 604 g/mol. The van der Waals surface area contributed by atoms with Crippen molar-refractivity contribution < 1.29 is 24.0 Å². The number of allylic oxidation sites excluding steroid dienone is 2. The third-order valence-corrected chi connectivity index (χ3v) is 10.2. The number of carbonyl (C=O) groups is 3. The van der Waals surface area contributed by atoms with E-state index < -0.39 is 39.4 Å². The first-order valence-electron chi connectivity index (χ1n) is 15.6. The zero-order valence-electron chi connectivity index (χ0n) is 25.8. The van der Waals surface area contributed by atoms with Crippen LogP contribution in [-0.2, 0) is 25.2 Å². The van der Waals surface area contributed by atoms with Crippen molar-refractivity contribution in [2.45, 2.75) is 10.8 Å². The van der Waals surface area contributed by atoms with Gasteiger partial charge in [-0.15, -0.1) is 0 Å². The van der Waals surface area contributed by atoms with Crippen molar-refractivity contribution in [2.75, 3.05) is 12.0 Å². The van der Waals surface area contributed by atoms with Crippen LogP contribution >= 0.6 is 0 Å². The average molecular weight is 633 g/mol. The van der Waals surface area contributed by atoms with E-state index in [0.717, 1.165) is 16.0 Å². The van der Waals surface area contributed by atoms with E-state index in [1.54, 1.807) is 0 Å². The number of nitro groups is 1. The molecule has 5 aromatic carbocycles. The molecule has 2 aliphatic carbocycles. The number of anilines is 1. The van der Waals surface area contributed by atoms with Gasteiger partial charge in [-0.3, -0.25) is 24.5 Å².